The molecule has 2 heterocycles. The number of aliphatic carboxylic acids is 1. The summed E-state index contributed by atoms with van der Waals surface area (Å²) < 4.78 is 0. The number of unbranched alkanes of at least 4 members (excludes halogenated alkanes) is 2. The maximum atomic E-state index is 14.5. The number of benzene rings is 1. The van der Waals surface area contributed by atoms with E-state index in [9.17, 15) is 43.5 Å². The fourth-order valence-corrected chi connectivity index (χ4v) is 7.89. The van der Waals surface area contributed by atoms with Crippen LogP contribution in [0.2, 0.25) is 0 Å². The Balaban J connectivity index is 1.92. The molecule has 362 valence electrons. The number of amides is 7. The van der Waals surface area contributed by atoms with Gasteiger partial charge in [0, 0.05) is 36.5 Å². The Morgan fingerprint density at radius 2 is 1.40 bits per heavy atom. The molecule has 7 amide bonds. The van der Waals surface area contributed by atoms with Gasteiger partial charge in [0.2, 0.25) is 41.4 Å². The van der Waals surface area contributed by atoms with Gasteiger partial charge in [-0.1, -0.05) is 58.7 Å². The zero-order valence-electron chi connectivity index (χ0n) is 38.4. The molecular weight excluding hydrogens is 839 g/mol. The molecule has 0 unspecified atom stereocenters. The number of primary amides is 1. The number of carbonyl (C=O) groups excluding carboxylic acids is 7. The summed E-state index contributed by atoms with van der Waals surface area (Å²) in [4.78, 5) is 112. The maximum absolute atomic E-state index is 14.5. The number of hydrogen-bond acceptors (Lipinski definition) is 11. The number of nitrogens with zero attached hydrogens (tertiary/aromatic N) is 1. The summed E-state index contributed by atoms with van der Waals surface area (Å²) in [6, 6.07) is -0.665. The average Bonchev–Trinajstić information content (AvgIpc) is 3.93. The second-order valence-corrected chi connectivity index (χ2v) is 17.5. The standard InChI is InChI=1S/C45H73N11O9/c1-5-27(4)38(44(63)56-22-12-17-36(56)43(62)52-33(45(64)65)16-9-11-21-47)55-40(59)32(18-19-37(49)57)51-42(61)35(24-28-25-50-31-15-7-6-13-29(28)31)54-41(60)34(23-26(2)3)53-39(58)30(48)14-8-10-20-46/h6-7,13,15,25-27,30,32-36,38,50H,5,8-12,14,16-24,46-48H2,1-4H3,(H2,49,57)(H,51,61)(H,52,62)(H,53,58)(H,54,60)(H,55,59)(H,64,65)/t27-,30-,32-,33-,34-,35-,36-,38-/m0/s1. The van der Waals surface area contributed by atoms with Crippen LogP contribution in [0.1, 0.15) is 110 Å². The monoisotopic (exact) mass is 912 g/mol. The molecular formula is C45H73N11O9. The smallest absolute Gasteiger partial charge is 0.326 e. The van der Waals surface area contributed by atoms with Gasteiger partial charge in [-0.25, -0.2) is 4.79 Å². The molecule has 8 atom stereocenters. The first-order valence-electron chi connectivity index (χ1n) is 23.0. The number of carboxylic acids is 1. The van der Waals surface area contributed by atoms with Crippen molar-refractivity contribution in [3.63, 3.8) is 0 Å². The second-order valence-electron chi connectivity index (χ2n) is 17.5. The van der Waals surface area contributed by atoms with E-state index in [1.54, 1.807) is 13.1 Å². The lowest BCUT2D eigenvalue weighted by Crippen LogP contribution is -2.61. The zero-order chi connectivity index (χ0) is 48.2. The lowest BCUT2D eigenvalue weighted by atomic mass is 9.96. The van der Waals surface area contributed by atoms with Crippen LogP contribution in [-0.4, -0.2) is 124 Å². The average molecular weight is 912 g/mol. The molecule has 1 aliphatic heterocycles. The molecule has 1 aromatic heterocycles. The minimum atomic E-state index is -1.42. The number of carbonyl (C=O) groups is 8. The van der Waals surface area contributed by atoms with Gasteiger partial charge in [0.05, 0.1) is 6.04 Å². The highest BCUT2D eigenvalue weighted by Crippen LogP contribution is 2.23. The lowest BCUT2D eigenvalue weighted by Gasteiger charge is -2.33. The number of H-pyrrole nitrogens is 1. The van der Waals surface area contributed by atoms with E-state index in [0.29, 0.717) is 63.6 Å². The number of aromatic amines is 1. The second kappa shape index (κ2) is 27.0. The first-order chi connectivity index (χ1) is 30.9. The van der Waals surface area contributed by atoms with Crippen LogP contribution in [0.15, 0.2) is 30.5 Å². The van der Waals surface area contributed by atoms with Crippen LogP contribution in [0.5, 0.6) is 0 Å². The summed E-state index contributed by atoms with van der Waals surface area (Å²) in [6.45, 7) is 8.32. The highest BCUT2D eigenvalue weighted by atomic mass is 16.4. The molecule has 1 saturated heterocycles. The number of aromatic nitrogens is 1. The Kier molecular flexibility index (Phi) is 22.3. The van der Waals surface area contributed by atoms with Gasteiger partial charge in [-0.3, -0.25) is 33.6 Å². The third-order valence-electron chi connectivity index (χ3n) is 11.9. The van der Waals surface area contributed by atoms with Crippen LogP contribution in [0.4, 0.5) is 0 Å². The van der Waals surface area contributed by atoms with Crippen molar-refractivity contribution in [2.24, 2.45) is 34.8 Å². The van der Waals surface area contributed by atoms with Gasteiger partial charge in [-0.2, -0.15) is 0 Å². The highest BCUT2D eigenvalue weighted by molar-refractivity contribution is 5.98. The Morgan fingerprint density at radius 3 is 2.03 bits per heavy atom. The Hall–Kier alpha value is -5.60. The van der Waals surface area contributed by atoms with Crippen LogP contribution >= 0.6 is 0 Å². The topological polar surface area (TPSA) is 340 Å². The van der Waals surface area contributed by atoms with E-state index in [4.69, 9.17) is 22.9 Å². The third kappa shape index (κ3) is 16.7. The van der Waals surface area contributed by atoms with E-state index in [0.717, 1.165) is 10.9 Å². The molecule has 0 spiro atoms. The molecule has 20 nitrogen and oxygen atoms in total. The quantitative estimate of drug-likeness (QED) is 0.0486. The number of carboxylic acid groups (broad SMARTS) is 1. The molecule has 0 bridgehead atoms. The largest absolute Gasteiger partial charge is 0.480 e. The Bertz CT molecular complexity index is 1920. The molecule has 0 aliphatic carbocycles. The van der Waals surface area contributed by atoms with Gasteiger partial charge in [0.1, 0.15) is 36.3 Å². The first kappa shape index (κ1) is 53.7. The van der Waals surface area contributed by atoms with Crippen molar-refractivity contribution < 1.29 is 43.5 Å². The number of likely N-dealkylation sites (tertiary alicyclic amines) is 1. The molecule has 0 radical (unpaired) electrons. The molecule has 0 saturated carbocycles. The summed E-state index contributed by atoms with van der Waals surface area (Å²) in [6.07, 6.45) is 5.34. The van der Waals surface area contributed by atoms with E-state index in [-0.39, 0.29) is 51.0 Å². The third-order valence-corrected chi connectivity index (χ3v) is 11.9. The van der Waals surface area contributed by atoms with Crippen molar-refractivity contribution in [3.05, 3.63) is 36.0 Å². The number of para-hydroxylation sites is 1. The summed E-state index contributed by atoms with van der Waals surface area (Å²) >= 11 is 0. The van der Waals surface area contributed by atoms with E-state index < -0.39 is 95.5 Å². The summed E-state index contributed by atoms with van der Waals surface area (Å²) in [5, 5.41) is 24.1. The fourth-order valence-electron chi connectivity index (χ4n) is 7.89. The van der Waals surface area contributed by atoms with Crippen molar-refractivity contribution in [2.45, 2.75) is 153 Å². The molecule has 3 rings (SSSR count). The van der Waals surface area contributed by atoms with Crippen LogP contribution in [0.3, 0.4) is 0 Å². The minimum absolute atomic E-state index is 0.0468. The van der Waals surface area contributed by atoms with Crippen LogP contribution in [0.25, 0.3) is 10.9 Å². The highest BCUT2D eigenvalue weighted by Gasteiger charge is 2.41. The molecule has 15 N–H and O–H groups in total. The summed E-state index contributed by atoms with van der Waals surface area (Å²) in [7, 11) is 0. The van der Waals surface area contributed by atoms with Crippen molar-refractivity contribution in [1.29, 1.82) is 0 Å². The predicted octanol–water partition coefficient (Wildman–Crippen LogP) is 0.153. The van der Waals surface area contributed by atoms with Gasteiger partial charge in [0.15, 0.2) is 0 Å². The normalized spacial score (nSPS) is 17.0. The van der Waals surface area contributed by atoms with E-state index in [1.165, 1.54) is 4.90 Å². The number of nitrogens with one attached hydrogen (secondary N) is 6. The molecule has 65 heavy (non-hydrogen) atoms. The van der Waals surface area contributed by atoms with Crippen LogP contribution < -0.4 is 49.5 Å². The van der Waals surface area contributed by atoms with E-state index in [1.807, 2.05) is 45.0 Å². The fraction of sp³-hybridized carbons (Fsp3) is 0.644. The number of rotatable bonds is 29. The minimum Gasteiger partial charge on any atom is -0.480 e. The number of hydrogen-bond donors (Lipinski definition) is 11. The van der Waals surface area contributed by atoms with Gasteiger partial charge in [0.25, 0.3) is 0 Å². The number of nitrogens with two attached hydrogens (primary N) is 4. The molecule has 1 aromatic carbocycles. The zero-order valence-corrected chi connectivity index (χ0v) is 38.4. The van der Waals surface area contributed by atoms with E-state index in [2.05, 4.69) is 31.6 Å². The van der Waals surface area contributed by atoms with Crippen molar-refractivity contribution in [3.8, 4) is 0 Å². The number of fused-ring (bicyclic) bond motifs is 1. The van der Waals surface area contributed by atoms with Crippen LogP contribution in [-0.2, 0) is 44.8 Å². The van der Waals surface area contributed by atoms with E-state index >= 15 is 0 Å². The molecule has 1 aliphatic rings. The Labute approximate surface area is 381 Å². The van der Waals surface area contributed by atoms with Gasteiger partial charge < -0.3 is 64.5 Å². The van der Waals surface area contributed by atoms with Crippen LogP contribution in [0, 0.1) is 11.8 Å². The maximum Gasteiger partial charge on any atom is 0.326 e. The predicted molar refractivity (Wildman–Crippen MR) is 245 cm³/mol. The lowest BCUT2D eigenvalue weighted by molar-refractivity contribution is -0.145. The molecule has 20 heteroatoms. The van der Waals surface area contributed by atoms with Gasteiger partial charge in [-0.05, 0) is 94.3 Å². The summed E-state index contributed by atoms with van der Waals surface area (Å²) in [5.74, 6) is -6.46. The molecule has 2 aromatic rings. The Morgan fingerprint density at radius 1 is 0.785 bits per heavy atom. The first-order valence-corrected chi connectivity index (χ1v) is 23.0. The van der Waals surface area contributed by atoms with Crippen molar-refractivity contribution in [2.75, 3.05) is 19.6 Å². The summed E-state index contributed by atoms with van der Waals surface area (Å²) in [5.41, 5.74) is 24.3. The SMILES string of the molecule is CC[C@H](C)[C@H](NC(=O)[C@H](CCC(N)=O)NC(=O)[C@H](Cc1c[nH]c2ccccc12)NC(=O)[C@H](CC(C)C)NC(=O)[C@@H](N)CCCCN)C(=O)N1CCC[C@H]1C(=O)N[C@@H](CCCCN)C(=O)O. The van der Waals surface area contributed by atoms with Crippen molar-refractivity contribution in [1.82, 2.24) is 36.5 Å². The van der Waals surface area contributed by atoms with Gasteiger partial charge in [-0.15, -0.1) is 0 Å². The van der Waals surface area contributed by atoms with Gasteiger partial charge >= 0.3 is 5.97 Å². The molecule has 1 fully saturated rings. The van der Waals surface area contributed by atoms with Crippen molar-refractivity contribution >= 4 is 58.2 Å².